The molecular formula is C21H25NO. The molecule has 1 aromatic heterocycles. The molecule has 0 unspecified atom stereocenters. The second-order valence-electron chi connectivity index (χ2n) is 6.35. The summed E-state index contributed by atoms with van der Waals surface area (Å²) in [6.45, 7) is 11.3. The second kappa shape index (κ2) is 6.49. The summed E-state index contributed by atoms with van der Waals surface area (Å²) in [4.78, 5) is 3.56. The largest absolute Gasteiger partial charge is 0.494 e. The van der Waals surface area contributed by atoms with Gasteiger partial charge in [0.05, 0.1) is 17.6 Å². The number of aromatic nitrogens is 1. The molecule has 2 heteroatoms. The van der Waals surface area contributed by atoms with Crippen molar-refractivity contribution >= 4 is 27.4 Å². The van der Waals surface area contributed by atoms with Gasteiger partial charge in [0.25, 0.3) is 0 Å². The number of hydrogen-bond acceptors (Lipinski definition) is 1. The number of unbranched alkanes of at least 4 members (excludes halogenated alkanes) is 2. The van der Waals surface area contributed by atoms with E-state index in [4.69, 9.17) is 4.74 Å². The van der Waals surface area contributed by atoms with Crippen LogP contribution in [0.2, 0.25) is 0 Å². The zero-order chi connectivity index (χ0) is 16.4. The number of aromatic amines is 1. The van der Waals surface area contributed by atoms with E-state index in [1.54, 1.807) is 0 Å². The van der Waals surface area contributed by atoms with E-state index in [-0.39, 0.29) is 0 Å². The monoisotopic (exact) mass is 307 g/mol. The fourth-order valence-electron chi connectivity index (χ4n) is 3.11. The molecule has 2 aromatic carbocycles. The highest BCUT2D eigenvalue weighted by Gasteiger charge is 2.12. The number of hydrogen-bond donors (Lipinski definition) is 1. The summed E-state index contributed by atoms with van der Waals surface area (Å²) in [7, 11) is 0. The second-order valence-corrected chi connectivity index (χ2v) is 6.35. The van der Waals surface area contributed by atoms with Gasteiger partial charge in [0.15, 0.2) is 0 Å². The van der Waals surface area contributed by atoms with Crippen LogP contribution in [0.4, 0.5) is 0 Å². The summed E-state index contributed by atoms with van der Waals surface area (Å²) in [6.07, 6.45) is 3.54. The van der Waals surface area contributed by atoms with Crippen LogP contribution in [0.15, 0.2) is 36.9 Å². The molecule has 1 N–H and O–H groups in total. The summed E-state index contributed by atoms with van der Waals surface area (Å²) in [6, 6.07) is 10.7. The Labute approximate surface area is 138 Å². The van der Waals surface area contributed by atoms with Crippen molar-refractivity contribution < 1.29 is 4.74 Å². The summed E-state index contributed by atoms with van der Waals surface area (Å²) in [5.41, 5.74) is 5.89. The summed E-state index contributed by atoms with van der Waals surface area (Å²) in [5.74, 6) is 0.940. The number of rotatable bonds is 6. The highest BCUT2D eigenvalue weighted by Crippen LogP contribution is 2.34. The van der Waals surface area contributed by atoms with Crippen molar-refractivity contribution in [3.63, 3.8) is 0 Å². The van der Waals surface area contributed by atoms with Crippen LogP contribution in [0, 0.1) is 6.92 Å². The third-order valence-electron chi connectivity index (χ3n) is 4.41. The first-order chi connectivity index (χ1) is 11.1. The number of ether oxygens (including phenoxy) is 1. The predicted molar refractivity (Wildman–Crippen MR) is 100 cm³/mol. The van der Waals surface area contributed by atoms with E-state index in [1.807, 2.05) is 0 Å². The molecule has 0 bridgehead atoms. The van der Waals surface area contributed by atoms with Gasteiger partial charge in [-0.25, -0.2) is 0 Å². The molecule has 0 spiro atoms. The van der Waals surface area contributed by atoms with Gasteiger partial charge >= 0.3 is 0 Å². The van der Waals surface area contributed by atoms with Crippen LogP contribution in [0.3, 0.4) is 0 Å². The Morgan fingerprint density at radius 2 is 2.00 bits per heavy atom. The molecule has 0 saturated carbocycles. The van der Waals surface area contributed by atoms with Crippen molar-refractivity contribution in [2.45, 2.75) is 40.0 Å². The molecule has 0 aliphatic heterocycles. The van der Waals surface area contributed by atoms with E-state index in [1.165, 1.54) is 40.3 Å². The molecule has 0 aliphatic rings. The van der Waals surface area contributed by atoms with Crippen LogP contribution in [0.5, 0.6) is 5.75 Å². The van der Waals surface area contributed by atoms with Gasteiger partial charge in [0.2, 0.25) is 0 Å². The predicted octanol–water partition coefficient (Wildman–Crippen LogP) is 6.23. The lowest BCUT2D eigenvalue weighted by Crippen LogP contribution is -1.96. The maximum Gasteiger partial charge on any atom is 0.121 e. The summed E-state index contributed by atoms with van der Waals surface area (Å²) >= 11 is 0. The van der Waals surface area contributed by atoms with Gasteiger partial charge in [-0.3, -0.25) is 0 Å². The van der Waals surface area contributed by atoms with E-state index < -0.39 is 0 Å². The first-order valence-corrected chi connectivity index (χ1v) is 8.45. The first-order valence-electron chi connectivity index (χ1n) is 8.45. The minimum atomic E-state index is 0.787. The minimum Gasteiger partial charge on any atom is -0.494 e. The Kier molecular flexibility index (Phi) is 4.42. The van der Waals surface area contributed by atoms with Crippen LogP contribution in [-0.2, 0) is 0 Å². The topological polar surface area (TPSA) is 25.0 Å². The number of aryl methyl sites for hydroxylation is 1. The van der Waals surface area contributed by atoms with Crippen molar-refractivity contribution in [3.05, 3.63) is 48.0 Å². The third-order valence-corrected chi connectivity index (χ3v) is 4.41. The van der Waals surface area contributed by atoms with Gasteiger partial charge in [-0.15, -0.1) is 0 Å². The smallest absolute Gasteiger partial charge is 0.121 e. The quantitative estimate of drug-likeness (QED) is 0.536. The average molecular weight is 307 g/mol. The third kappa shape index (κ3) is 2.98. The van der Waals surface area contributed by atoms with Crippen molar-refractivity contribution in [1.82, 2.24) is 4.98 Å². The normalized spacial score (nSPS) is 11.3. The lowest BCUT2D eigenvalue weighted by atomic mass is 9.99. The highest BCUT2D eigenvalue weighted by molar-refractivity contribution is 6.13. The highest BCUT2D eigenvalue weighted by atomic mass is 16.5. The van der Waals surface area contributed by atoms with Crippen molar-refractivity contribution in [1.29, 1.82) is 0 Å². The lowest BCUT2D eigenvalue weighted by Gasteiger charge is -2.06. The van der Waals surface area contributed by atoms with Gasteiger partial charge in [0, 0.05) is 16.8 Å². The molecule has 0 fully saturated rings. The summed E-state index contributed by atoms with van der Waals surface area (Å²) in [5, 5.41) is 2.51. The fraction of sp³-hybridized carbons (Fsp3) is 0.333. The van der Waals surface area contributed by atoms with Crippen molar-refractivity contribution in [2.75, 3.05) is 6.61 Å². The van der Waals surface area contributed by atoms with Crippen LogP contribution < -0.4 is 4.74 Å². The number of benzene rings is 2. The van der Waals surface area contributed by atoms with E-state index in [9.17, 15) is 0 Å². The number of fused-ring (bicyclic) bond motifs is 3. The van der Waals surface area contributed by atoms with Gasteiger partial charge in [0.1, 0.15) is 5.75 Å². The Morgan fingerprint density at radius 3 is 2.74 bits per heavy atom. The van der Waals surface area contributed by atoms with Crippen LogP contribution in [-0.4, -0.2) is 11.6 Å². The fourth-order valence-corrected chi connectivity index (χ4v) is 3.11. The summed E-state index contributed by atoms with van der Waals surface area (Å²) < 4.78 is 5.88. The Bertz CT molecular complexity index is 857. The molecule has 3 rings (SSSR count). The molecule has 1 heterocycles. The zero-order valence-electron chi connectivity index (χ0n) is 14.3. The molecule has 0 atom stereocenters. The Morgan fingerprint density at radius 1 is 1.17 bits per heavy atom. The molecule has 120 valence electrons. The molecular weight excluding hydrogens is 282 g/mol. The van der Waals surface area contributed by atoms with Gasteiger partial charge in [-0.1, -0.05) is 44.1 Å². The van der Waals surface area contributed by atoms with Crippen molar-refractivity contribution in [2.24, 2.45) is 0 Å². The number of nitrogens with one attached hydrogen (secondary N) is 1. The SMILES string of the molecule is C=C(C)c1ccc(C)c2[nH]c3cc(OCCCCC)ccc3c12. The minimum absolute atomic E-state index is 0.787. The molecule has 2 nitrogen and oxygen atoms in total. The zero-order valence-corrected chi connectivity index (χ0v) is 14.3. The van der Waals surface area contributed by atoms with Gasteiger partial charge in [-0.2, -0.15) is 0 Å². The Hall–Kier alpha value is -2.22. The lowest BCUT2D eigenvalue weighted by molar-refractivity contribution is 0.306. The number of H-pyrrole nitrogens is 1. The molecule has 3 aromatic rings. The number of allylic oxidation sites excluding steroid dienone is 1. The molecule has 23 heavy (non-hydrogen) atoms. The maximum absolute atomic E-state index is 5.88. The molecule has 0 aliphatic carbocycles. The van der Waals surface area contributed by atoms with Gasteiger partial charge in [-0.05, 0) is 43.5 Å². The van der Waals surface area contributed by atoms with Crippen LogP contribution in [0.25, 0.3) is 27.4 Å². The van der Waals surface area contributed by atoms with Crippen LogP contribution in [0.1, 0.15) is 44.2 Å². The standard InChI is InChI=1S/C21H25NO/c1-5-6-7-12-23-16-9-11-18-19(13-16)22-21-15(4)8-10-17(14(2)3)20(18)21/h8-11,13,22H,2,5-7,12H2,1,3-4H3. The van der Waals surface area contributed by atoms with E-state index in [0.29, 0.717) is 0 Å². The first kappa shape index (κ1) is 15.7. The Balaban J connectivity index is 2.04. The molecule has 0 radical (unpaired) electrons. The van der Waals surface area contributed by atoms with E-state index in [0.717, 1.165) is 29.9 Å². The average Bonchev–Trinajstić information content (AvgIpc) is 2.91. The van der Waals surface area contributed by atoms with Gasteiger partial charge < -0.3 is 9.72 Å². The van der Waals surface area contributed by atoms with Crippen LogP contribution >= 0.6 is 0 Å². The molecule has 0 saturated heterocycles. The maximum atomic E-state index is 5.88. The van der Waals surface area contributed by atoms with E-state index >= 15 is 0 Å². The van der Waals surface area contributed by atoms with E-state index in [2.05, 4.69) is 62.7 Å². The molecule has 0 amide bonds. The van der Waals surface area contributed by atoms with Crippen molar-refractivity contribution in [3.8, 4) is 5.75 Å².